The smallest absolute Gasteiger partial charge is 0.304 e. The van der Waals surface area contributed by atoms with Crippen LogP contribution in [0.15, 0.2) is 14.8 Å². The summed E-state index contributed by atoms with van der Waals surface area (Å²) in [6, 6.07) is 0.997. The second kappa shape index (κ2) is 5.33. The van der Waals surface area contributed by atoms with Gasteiger partial charge < -0.3 is 9.84 Å². The second-order valence-electron chi connectivity index (χ2n) is 4.11. The summed E-state index contributed by atoms with van der Waals surface area (Å²) in [6.07, 6.45) is 0. The number of aryl methyl sites for hydroxylation is 1. The third-order valence-electron chi connectivity index (χ3n) is 2.76. The summed E-state index contributed by atoms with van der Waals surface area (Å²) in [5.74, 6) is -0.00504. The topological polar surface area (TPSA) is 127 Å². The third-order valence-corrected chi connectivity index (χ3v) is 5.71. The predicted octanol–water partition coefficient (Wildman–Crippen LogP) is 2.10. The van der Waals surface area contributed by atoms with Crippen molar-refractivity contribution in [2.75, 3.05) is 17.1 Å². The van der Waals surface area contributed by atoms with Crippen molar-refractivity contribution in [1.29, 1.82) is 0 Å². The normalized spacial score (nSPS) is 11.4. The molecule has 2 aromatic heterocycles. The Hall–Kier alpha value is -2.14. The average molecular weight is 332 g/mol. The summed E-state index contributed by atoms with van der Waals surface area (Å²) in [4.78, 5) is 10.2. The van der Waals surface area contributed by atoms with E-state index in [1.54, 1.807) is 13.8 Å². The van der Waals surface area contributed by atoms with Gasteiger partial charge in [-0.15, -0.1) is 0 Å². The number of sulfonamides is 1. The zero-order valence-electron chi connectivity index (χ0n) is 11.3. The van der Waals surface area contributed by atoms with E-state index in [1.807, 2.05) is 0 Å². The number of anilines is 2. The number of rotatable bonds is 5. The molecule has 0 unspecified atom stereocenters. The summed E-state index contributed by atoms with van der Waals surface area (Å²) in [7, 11) is -2.50. The van der Waals surface area contributed by atoms with Crippen LogP contribution in [0, 0.1) is 24.0 Å². The van der Waals surface area contributed by atoms with Crippen LogP contribution in [-0.4, -0.2) is 25.5 Å². The largest absolute Gasteiger partial charge is 0.374 e. The van der Waals surface area contributed by atoms with E-state index in [2.05, 4.69) is 15.2 Å². The molecular formula is C10H12N4O5S2. The molecule has 2 rings (SSSR count). The molecule has 0 bridgehead atoms. The van der Waals surface area contributed by atoms with Crippen molar-refractivity contribution in [2.45, 2.75) is 18.1 Å². The van der Waals surface area contributed by atoms with Crippen LogP contribution in [0.4, 0.5) is 16.6 Å². The van der Waals surface area contributed by atoms with E-state index in [9.17, 15) is 18.5 Å². The summed E-state index contributed by atoms with van der Waals surface area (Å²) >= 11 is 0.761. The second-order valence-corrected chi connectivity index (χ2v) is 7.08. The lowest BCUT2D eigenvalue weighted by Gasteiger charge is -2.02. The van der Waals surface area contributed by atoms with E-state index in [1.165, 1.54) is 7.05 Å². The van der Waals surface area contributed by atoms with Crippen LogP contribution < -0.4 is 10.0 Å². The Morgan fingerprint density at radius 2 is 2.10 bits per heavy atom. The zero-order chi connectivity index (χ0) is 15.8. The first-order valence-electron chi connectivity index (χ1n) is 5.68. The SMILES string of the molecule is CNc1sc(S(=O)(=O)Nc2onc(C)c2C)cc1[N+](=O)[O-]. The van der Waals surface area contributed by atoms with Crippen LogP contribution in [0.3, 0.4) is 0 Å². The first-order chi connectivity index (χ1) is 9.76. The number of hydrogen-bond acceptors (Lipinski definition) is 8. The highest BCUT2D eigenvalue weighted by atomic mass is 32.2. The molecular weight excluding hydrogens is 320 g/mol. The fourth-order valence-electron chi connectivity index (χ4n) is 1.49. The maximum Gasteiger partial charge on any atom is 0.304 e. The van der Waals surface area contributed by atoms with E-state index in [-0.39, 0.29) is 20.8 Å². The van der Waals surface area contributed by atoms with Gasteiger partial charge in [0.2, 0.25) is 5.88 Å². The van der Waals surface area contributed by atoms with E-state index >= 15 is 0 Å². The van der Waals surface area contributed by atoms with Gasteiger partial charge in [0.1, 0.15) is 4.21 Å². The molecule has 0 fully saturated rings. The number of aromatic nitrogens is 1. The predicted molar refractivity (Wildman–Crippen MR) is 77.3 cm³/mol. The molecule has 0 aromatic carbocycles. The summed E-state index contributed by atoms with van der Waals surface area (Å²) in [5, 5.41) is 17.3. The molecule has 11 heteroatoms. The summed E-state index contributed by atoms with van der Waals surface area (Å²) in [6.45, 7) is 3.32. The molecule has 0 radical (unpaired) electrons. The maximum absolute atomic E-state index is 12.2. The van der Waals surface area contributed by atoms with Crippen LogP contribution in [0.1, 0.15) is 11.3 Å². The average Bonchev–Trinajstić information content (AvgIpc) is 2.98. The Bertz CT molecular complexity index is 792. The van der Waals surface area contributed by atoms with Gasteiger partial charge in [-0.05, 0) is 13.8 Å². The molecule has 0 spiro atoms. The minimum Gasteiger partial charge on any atom is -0.374 e. The molecule has 2 heterocycles. The zero-order valence-corrected chi connectivity index (χ0v) is 13.0. The van der Waals surface area contributed by atoms with Crippen molar-refractivity contribution in [1.82, 2.24) is 5.16 Å². The molecule has 0 aliphatic heterocycles. The summed E-state index contributed by atoms with van der Waals surface area (Å²) in [5.41, 5.74) is 0.813. The van der Waals surface area contributed by atoms with Gasteiger partial charge in [0.15, 0.2) is 5.00 Å². The van der Waals surface area contributed by atoms with Crippen molar-refractivity contribution < 1.29 is 17.9 Å². The number of nitrogens with zero attached hydrogens (tertiary/aromatic N) is 2. The fourth-order valence-corrected chi connectivity index (χ4v) is 3.82. The Morgan fingerprint density at radius 3 is 2.52 bits per heavy atom. The highest BCUT2D eigenvalue weighted by Gasteiger charge is 2.27. The first kappa shape index (κ1) is 15.3. The lowest BCUT2D eigenvalue weighted by atomic mass is 10.3. The Kier molecular flexibility index (Phi) is 3.87. The molecule has 0 amide bonds. The van der Waals surface area contributed by atoms with Crippen LogP contribution >= 0.6 is 11.3 Å². The number of nitro groups is 1. The fraction of sp³-hybridized carbons (Fsp3) is 0.300. The van der Waals surface area contributed by atoms with Crippen molar-refractivity contribution in [3.05, 3.63) is 27.4 Å². The van der Waals surface area contributed by atoms with Crippen molar-refractivity contribution in [2.24, 2.45) is 0 Å². The molecule has 0 aliphatic carbocycles. The van der Waals surface area contributed by atoms with E-state index in [0.717, 1.165) is 17.4 Å². The number of thiophene rings is 1. The van der Waals surface area contributed by atoms with Gasteiger partial charge in [-0.2, -0.15) is 0 Å². The monoisotopic (exact) mass is 332 g/mol. The Morgan fingerprint density at radius 1 is 1.43 bits per heavy atom. The molecule has 0 saturated carbocycles. The summed E-state index contributed by atoms with van der Waals surface area (Å²) < 4.78 is 31.4. The lowest BCUT2D eigenvalue weighted by Crippen LogP contribution is -2.11. The quantitative estimate of drug-likeness (QED) is 0.634. The lowest BCUT2D eigenvalue weighted by molar-refractivity contribution is -0.383. The minimum atomic E-state index is -3.98. The Labute approximate surface area is 124 Å². The molecule has 114 valence electrons. The van der Waals surface area contributed by atoms with Crippen molar-refractivity contribution in [3.63, 3.8) is 0 Å². The molecule has 2 N–H and O–H groups in total. The van der Waals surface area contributed by atoms with E-state index in [4.69, 9.17) is 4.52 Å². The van der Waals surface area contributed by atoms with Gasteiger partial charge in [0.25, 0.3) is 10.0 Å². The van der Waals surface area contributed by atoms with E-state index < -0.39 is 14.9 Å². The molecule has 21 heavy (non-hydrogen) atoms. The molecule has 0 saturated heterocycles. The first-order valence-corrected chi connectivity index (χ1v) is 7.98. The third kappa shape index (κ3) is 2.83. The standard InChI is InChI=1S/C10H12N4O5S2/c1-5-6(2)12-19-9(5)13-21(17,18)8-4-7(14(15)16)10(11-3)20-8/h4,11,13H,1-3H3. The van der Waals surface area contributed by atoms with Crippen molar-refractivity contribution >= 4 is 37.9 Å². The molecule has 0 aliphatic rings. The van der Waals surface area contributed by atoms with Gasteiger partial charge in [-0.1, -0.05) is 16.5 Å². The van der Waals surface area contributed by atoms with Crippen LogP contribution in [0.2, 0.25) is 0 Å². The maximum atomic E-state index is 12.2. The van der Waals surface area contributed by atoms with E-state index in [0.29, 0.717) is 11.3 Å². The van der Waals surface area contributed by atoms with Gasteiger partial charge >= 0.3 is 5.69 Å². The molecule has 9 nitrogen and oxygen atoms in total. The van der Waals surface area contributed by atoms with Gasteiger partial charge in [0, 0.05) is 18.7 Å². The van der Waals surface area contributed by atoms with Crippen LogP contribution in [0.5, 0.6) is 0 Å². The van der Waals surface area contributed by atoms with Crippen LogP contribution in [0.25, 0.3) is 0 Å². The Balaban J connectivity index is 2.40. The van der Waals surface area contributed by atoms with Crippen LogP contribution in [-0.2, 0) is 10.0 Å². The number of nitrogens with one attached hydrogen (secondary N) is 2. The van der Waals surface area contributed by atoms with Gasteiger partial charge in [0.05, 0.1) is 10.6 Å². The highest BCUT2D eigenvalue weighted by molar-refractivity contribution is 7.94. The minimum absolute atomic E-state index is 0.00504. The van der Waals surface area contributed by atoms with Gasteiger partial charge in [-0.3, -0.25) is 10.1 Å². The molecule has 0 atom stereocenters. The van der Waals surface area contributed by atoms with Gasteiger partial charge in [-0.25, -0.2) is 13.1 Å². The highest BCUT2D eigenvalue weighted by Crippen LogP contribution is 2.37. The molecule has 2 aromatic rings. The number of hydrogen-bond donors (Lipinski definition) is 2. The van der Waals surface area contributed by atoms with Crippen molar-refractivity contribution in [3.8, 4) is 0 Å².